The van der Waals surface area contributed by atoms with Gasteiger partial charge in [-0.05, 0) is 29.9 Å². The zero-order chi connectivity index (χ0) is 13.0. The number of hydrogen-bond donors (Lipinski definition) is 2. The third kappa shape index (κ3) is 3.81. The Morgan fingerprint density at radius 3 is 2.24 bits per heavy atom. The number of rotatable bonds is 5. The van der Waals surface area contributed by atoms with E-state index in [4.69, 9.17) is 17.3 Å². The van der Waals surface area contributed by atoms with Gasteiger partial charge in [0, 0.05) is 6.54 Å². The Morgan fingerprint density at radius 2 is 1.76 bits per heavy atom. The number of halogens is 1. The van der Waals surface area contributed by atoms with Crippen LogP contribution in [0.3, 0.4) is 0 Å². The molecule has 0 amide bonds. The SMILES string of the molecule is CC(C)C(CNc1c(N)cccc1Cl)C(C)C. The van der Waals surface area contributed by atoms with E-state index < -0.39 is 0 Å². The van der Waals surface area contributed by atoms with E-state index in [1.54, 1.807) is 0 Å². The van der Waals surface area contributed by atoms with E-state index in [-0.39, 0.29) is 0 Å². The van der Waals surface area contributed by atoms with Crippen LogP contribution >= 0.6 is 11.6 Å². The van der Waals surface area contributed by atoms with Crippen molar-refractivity contribution in [2.45, 2.75) is 27.7 Å². The average molecular weight is 255 g/mol. The predicted molar refractivity (Wildman–Crippen MR) is 77.5 cm³/mol. The molecule has 1 aromatic carbocycles. The summed E-state index contributed by atoms with van der Waals surface area (Å²) >= 11 is 6.13. The van der Waals surface area contributed by atoms with Crippen molar-refractivity contribution in [1.29, 1.82) is 0 Å². The van der Waals surface area contributed by atoms with Crippen molar-refractivity contribution >= 4 is 23.0 Å². The Balaban J connectivity index is 2.72. The quantitative estimate of drug-likeness (QED) is 0.771. The number of hydrogen-bond acceptors (Lipinski definition) is 2. The molecule has 0 heterocycles. The van der Waals surface area contributed by atoms with Gasteiger partial charge in [0.25, 0.3) is 0 Å². The van der Waals surface area contributed by atoms with E-state index in [1.165, 1.54) is 0 Å². The minimum atomic E-state index is 0.616. The minimum Gasteiger partial charge on any atom is -0.397 e. The Kier molecular flexibility index (Phi) is 5.13. The molecule has 0 saturated heterocycles. The molecule has 0 aromatic heterocycles. The van der Waals surface area contributed by atoms with Crippen molar-refractivity contribution in [2.24, 2.45) is 17.8 Å². The fourth-order valence-electron chi connectivity index (χ4n) is 2.19. The molecular formula is C14H23ClN2. The Morgan fingerprint density at radius 1 is 1.18 bits per heavy atom. The van der Waals surface area contributed by atoms with Crippen molar-refractivity contribution in [2.75, 3.05) is 17.6 Å². The molecule has 17 heavy (non-hydrogen) atoms. The summed E-state index contributed by atoms with van der Waals surface area (Å²) in [6.07, 6.45) is 0. The molecule has 0 spiro atoms. The summed E-state index contributed by atoms with van der Waals surface area (Å²) in [4.78, 5) is 0. The molecule has 1 aromatic rings. The topological polar surface area (TPSA) is 38.0 Å². The van der Waals surface area contributed by atoms with Gasteiger partial charge in [0.1, 0.15) is 0 Å². The van der Waals surface area contributed by atoms with E-state index in [2.05, 4.69) is 33.0 Å². The van der Waals surface area contributed by atoms with Crippen LogP contribution in [0, 0.1) is 17.8 Å². The standard InChI is InChI=1S/C14H23ClN2/c1-9(2)11(10(3)4)8-17-14-12(15)6-5-7-13(14)16/h5-7,9-11,17H,8,16H2,1-4H3. The van der Waals surface area contributed by atoms with Crippen LogP contribution < -0.4 is 11.1 Å². The first kappa shape index (κ1) is 14.2. The normalized spacial score (nSPS) is 11.5. The van der Waals surface area contributed by atoms with Gasteiger partial charge < -0.3 is 11.1 Å². The average Bonchev–Trinajstić information content (AvgIpc) is 2.21. The first-order valence-electron chi connectivity index (χ1n) is 6.21. The van der Waals surface area contributed by atoms with Crippen LogP contribution in [0.2, 0.25) is 5.02 Å². The van der Waals surface area contributed by atoms with Gasteiger partial charge >= 0.3 is 0 Å². The maximum absolute atomic E-state index is 6.13. The van der Waals surface area contributed by atoms with Gasteiger partial charge in [0.05, 0.1) is 16.4 Å². The van der Waals surface area contributed by atoms with Crippen LogP contribution in [0.25, 0.3) is 0 Å². The molecular weight excluding hydrogens is 232 g/mol. The van der Waals surface area contributed by atoms with E-state index in [1.807, 2.05) is 18.2 Å². The van der Waals surface area contributed by atoms with Crippen LogP contribution in [0.15, 0.2) is 18.2 Å². The number of para-hydroxylation sites is 1. The Hall–Kier alpha value is -0.890. The zero-order valence-electron chi connectivity index (χ0n) is 11.1. The molecule has 96 valence electrons. The number of nitrogens with one attached hydrogen (secondary N) is 1. The fraction of sp³-hybridized carbons (Fsp3) is 0.571. The summed E-state index contributed by atoms with van der Waals surface area (Å²) in [7, 11) is 0. The minimum absolute atomic E-state index is 0.616. The first-order chi connectivity index (χ1) is 7.93. The van der Waals surface area contributed by atoms with Crippen LogP contribution in [-0.4, -0.2) is 6.54 Å². The van der Waals surface area contributed by atoms with Gasteiger partial charge in [-0.15, -0.1) is 0 Å². The highest BCUT2D eigenvalue weighted by Gasteiger charge is 2.17. The van der Waals surface area contributed by atoms with E-state index in [0.717, 1.165) is 12.2 Å². The lowest BCUT2D eigenvalue weighted by Gasteiger charge is -2.26. The van der Waals surface area contributed by atoms with Crippen molar-refractivity contribution in [1.82, 2.24) is 0 Å². The van der Waals surface area contributed by atoms with Crippen LogP contribution in [0.1, 0.15) is 27.7 Å². The summed E-state index contributed by atoms with van der Waals surface area (Å²) < 4.78 is 0. The Labute approximate surface area is 110 Å². The highest BCUT2D eigenvalue weighted by Crippen LogP contribution is 2.29. The monoisotopic (exact) mass is 254 g/mol. The molecule has 1 rings (SSSR count). The summed E-state index contributed by atoms with van der Waals surface area (Å²) in [5.41, 5.74) is 7.49. The molecule has 0 aliphatic rings. The second-order valence-corrected chi connectivity index (χ2v) is 5.64. The largest absolute Gasteiger partial charge is 0.397 e. The maximum Gasteiger partial charge on any atom is 0.0763 e. The number of nitrogens with two attached hydrogens (primary N) is 1. The summed E-state index contributed by atoms with van der Waals surface area (Å²) in [6.45, 7) is 9.92. The molecule has 0 fully saturated rings. The van der Waals surface area contributed by atoms with E-state index in [0.29, 0.717) is 28.5 Å². The van der Waals surface area contributed by atoms with Crippen LogP contribution in [0.5, 0.6) is 0 Å². The number of anilines is 2. The first-order valence-corrected chi connectivity index (χ1v) is 6.59. The van der Waals surface area contributed by atoms with Gasteiger partial charge in [0.2, 0.25) is 0 Å². The zero-order valence-corrected chi connectivity index (χ0v) is 11.9. The van der Waals surface area contributed by atoms with Crippen LogP contribution in [-0.2, 0) is 0 Å². The van der Waals surface area contributed by atoms with Crippen molar-refractivity contribution < 1.29 is 0 Å². The summed E-state index contributed by atoms with van der Waals surface area (Å²) in [5.74, 6) is 1.91. The predicted octanol–water partition coefficient (Wildman–Crippen LogP) is 4.26. The molecule has 0 bridgehead atoms. The second-order valence-electron chi connectivity index (χ2n) is 5.24. The van der Waals surface area contributed by atoms with Crippen molar-refractivity contribution in [3.8, 4) is 0 Å². The van der Waals surface area contributed by atoms with E-state index >= 15 is 0 Å². The van der Waals surface area contributed by atoms with E-state index in [9.17, 15) is 0 Å². The third-order valence-electron chi connectivity index (χ3n) is 3.27. The molecule has 0 saturated carbocycles. The molecule has 3 N–H and O–H groups in total. The molecule has 0 unspecified atom stereocenters. The van der Waals surface area contributed by atoms with Gasteiger partial charge in [-0.2, -0.15) is 0 Å². The number of nitrogen functional groups attached to an aromatic ring is 1. The lowest BCUT2D eigenvalue weighted by atomic mass is 9.85. The lowest BCUT2D eigenvalue weighted by molar-refractivity contribution is 0.304. The highest BCUT2D eigenvalue weighted by atomic mass is 35.5. The summed E-state index contributed by atoms with van der Waals surface area (Å²) in [6, 6.07) is 5.60. The molecule has 3 heteroatoms. The van der Waals surface area contributed by atoms with Gasteiger partial charge in [-0.1, -0.05) is 45.4 Å². The highest BCUT2D eigenvalue weighted by molar-refractivity contribution is 6.33. The van der Waals surface area contributed by atoms with Crippen LogP contribution in [0.4, 0.5) is 11.4 Å². The smallest absolute Gasteiger partial charge is 0.0763 e. The molecule has 0 atom stereocenters. The van der Waals surface area contributed by atoms with Gasteiger partial charge in [-0.25, -0.2) is 0 Å². The third-order valence-corrected chi connectivity index (χ3v) is 3.59. The molecule has 0 aliphatic heterocycles. The second kappa shape index (κ2) is 6.15. The number of benzene rings is 1. The lowest BCUT2D eigenvalue weighted by Crippen LogP contribution is -2.24. The van der Waals surface area contributed by atoms with Crippen molar-refractivity contribution in [3.63, 3.8) is 0 Å². The molecule has 0 radical (unpaired) electrons. The molecule has 0 aliphatic carbocycles. The summed E-state index contributed by atoms with van der Waals surface area (Å²) in [5, 5.41) is 4.08. The van der Waals surface area contributed by atoms with Gasteiger partial charge in [-0.3, -0.25) is 0 Å². The van der Waals surface area contributed by atoms with Gasteiger partial charge in [0.15, 0.2) is 0 Å². The fourth-order valence-corrected chi connectivity index (χ4v) is 2.44. The maximum atomic E-state index is 6.13. The molecule has 2 nitrogen and oxygen atoms in total. The van der Waals surface area contributed by atoms with Crippen molar-refractivity contribution in [3.05, 3.63) is 23.2 Å². The Bertz CT molecular complexity index is 333.